The Balaban J connectivity index is 0.00000222. The highest BCUT2D eigenvalue weighted by Gasteiger charge is 2.31. The molecular weight excluding hydrogens is 701 g/mol. The Morgan fingerprint density at radius 1 is 1.11 bits per heavy atom. The molecule has 3 rings (SSSR count). The number of hydrogen-bond acceptors (Lipinski definition) is 4. The first-order valence-corrected chi connectivity index (χ1v) is 18.9. The second-order valence-electron chi connectivity index (χ2n) is 9.08. The molecule has 3 N–H and O–H groups in total. The molecular formula is C26H37I2N4O3P. The standard InChI is InChI=1S/C26H37N4O3P.I2/c1-19(30-15-9-14-27-26(30)33)25(32)28-22(16-20-10-5-3-6-11-20)18-24(31)23(29(2)34)17-21-12-7-4-8-13-21;1-2/h3-8,10-13,19,22-24,31H,9,14-18,34H2,1-2H3,(H,27,33)(H,28,32);. The molecule has 1 heterocycles. The number of likely N-dealkylation sites (N-methyl/N-ethyl adjacent to an activating group) is 1. The van der Waals surface area contributed by atoms with Gasteiger partial charge in [-0.15, -0.1) is 0 Å². The maximum absolute atomic E-state index is 13.1. The van der Waals surface area contributed by atoms with E-state index >= 15 is 0 Å². The van der Waals surface area contributed by atoms with Crippen LogP contribution in [0.3, 0.4) is 0 Å². The first kappa shape index (κ1) is 31.2. The van der Waals surface area contributed by atoms with E-state index in [0.29, 0.717) is 32.4 Å². The predicted octanol–water partition coefficient (Wildman–Crippen LogP) is 4.37. The lowest BCUT2D eigenvalue weighted by molar-refractivity contribution is -0.126. The zero-order chi connectivity index (χ0) is 26.5. The SMILES string of the molecule is CC(C(=O)NC(Cc1ccccc1)CC(O)C(Cc1ccccc1)N(C)P)N1CCCNC1=O.II. The van der Waals surface area contributed by atoms with Gasteiger partial charge in [-0.3, -0.25) is 9.46 Å². The Morgan fingerprint density at radius 3 is 2.19 bits per heavy atom. The number of carbonyl (C=O) groups is 2. The maximum atomic E-state index is 13.1. The predicted molar refractivity (Wildman–Crippen MR) is 166 cm³/mol. The molecule has 2 aromatic rings. The Kier molecular flexibility index (Phi) is 14.5. The van der Waals surface area contributed by atoms with Crippen LogP contribution in [0.1, 0.15) is 30.9 Å². The summed E-state index contributed by atoms with van der Waals surface area (Å²) in [5, 5.41) is 17.2. The van der Waals surface area contributed by atoms with Crippen molar-refractivity contribution in [3.05, 3.63) is 71.8 Å². The number of aliphatic hydroxyl groups excluding tert-OH is 1. The first-order valence-electron chi connectivity index (χ1n) is 12.1. The summed E-state index contributed by atoms with van der Waals surface area (Å²) in [6.07, 6.45) is 1.84. The van der Waals surface area contributed by atoms with Crippen LogP contribution in [0.2, 0.25) is 0 Å². The van der Waals surface area contributed by atoms with Gasteiger partial charge in [0.25, 0.3) is 0 Å². The molecule has 7 nitrogen and oxygen atoms in total. The van der Waals surface area contributed by atoms with Gasteiger partial charge in [-0.1, -0.05) is 70.1 Å². The molecule has 5 atom stereocenters. The molecule has 0 aliphatic carbocycles. The van der Waals surface area contributed by atoms with Crippen molar-refractivity contribution >= 4 is 58.6 Å². The lowest BCUT2D eigenvalue weighted by Gasteiger charge is -2.34. The molecule has 0 spiro atoms. The molecule has 5 unspecified atom stereocenters. The number of nitrogens with one attached hydrogen (secondary N) is 2. The second kappa shape index (κ2) is 16.8. The third kappa shape index (κ3) is 10.0. The normalized spacial score (nSPS) is 16.8. The van der Waals surface area contributed by atoms with E-state index < -0.39 is 12.1 Å². The molecule has 36 heavy (non-hydrogen) atoms. The Morgan fingerprint density at radius 2 is 1.67 bits per heavy atom. The molecule has 0 bridgehead atoms. The fourth-order valence-electron chi connectivity index (χ4n) is 4.43. The lowest BCUT2D eigenvalue weighted by Crippen LogP contribution is -2.56. The fraction of sp³-hybridized carbons (Fsp3) is 0.462. The van der Waals surface area contributed by atoms with Crippen LogP contribution in [-0.2, 0) is 17.6 Å². The van der Waals surface area contributed by atoms with Crippen molar-refractivity contribution in [1.82, 2.24) is 20.2 Å². The zero-order valence-corrected chi connectivity index (χ0v) is 26.3. The van der Waals surface area contributed by atoms with Crippen molar-refractivity contribution in [3.63, 3.8) is 0 Å². The molecule has 3 amide bonds. The quantitative estimate of drug-likeness (QED) is 0.237. The summed E-state index contributed by atoms with van der Waals surface area (Å²) < 4.78 is 1.96. The minimum absolute atomic E-state index is 0.132. The minimum atomic E-state index is -0.662. The van der Waals surface area contributed by atoms with Gasteiger partial charge in [0, 0.05) is 62.4 Å². The number of aliphatic hydroxyl groups is 1. The van der Waals surface area contributed by atoms with E-state index in [0.717, 1.165) is 17.5 Å². The second-order valence-corrected chi connectivity index (χ2v) is 9.89. The molecule has 0 radical (unpaired) electrons. The third-order valence-corrected chi connectivity index (χ3v) is 6.80. The van der Waals surface area contributed by atoms with E-state index in [4.69, 9.17) is 0 Å². The molecule has 1 aliphatic rings. The average Bonchev–Trinajstić information content (AvgIpc) is 2.89. The highest BCUT2D eigenvalue weighted by Crippen LogP contribution is 2.19. The summed E-state index contributed by atoms with van der Waals surface area (Å²) in [5.74, 6) is -0.205. The van der Waals surface area contributed by atoms with Crippen LogP contribution in [0.5, 0.6) is 0 Å². The molecule has 1 aliphatic heterocycles. The number of rotatable bonds is 11. The summed E-state index contributed by atoms with van der Waals surface area (Å²) >= 11 is 4.24. The maximum Gasteiger partial charge on any atom is 0.318 e. The lowest BCUT2D eigenvalue weighted by atomic mass is 9.93. The number of nitrogens with zero attached hydrogens (tertiary/aromatic N) is 2. The van der Waals surface area contributed by atoms with Crippen LogP contribution in [-0.4, -0.2) is 71.0 Å². The Labute approximate surface area is 240 Å². The zero-order valence-electron chi connectivity index (χ0n) is 20.8. The minimum Gasteiger partial charge on any atom is -0.391 e. The number of benzene rings is 2. The van der Waals surface area contributed by atoms with Gasteiger partial charge >= 0.3 is 6.03 Å². The summed E-state index contributed by atoms with van der Waals surface area (Å²) in [6.45, 7) is 2.95. The van der Waals surface area contributed by atoms with Gasteiger partial charge in [0.15, 0.2) is 0 Å². The van der Waals surface area contributed by atoms with Gasteiger partial charge in [-0.25, -0.2) is 4.79 Å². The Bertz CT molecular complexity index is 924. The highest BCUT2D eigenvalue weighted by atomic mass is 128. The average molecular weight is 738 g/mol. The summed E-state index contributed by atoms with van der Waals surface area (Å²) in [4.78, 5) is 26.9. The molecule has 1 fully saturated rings. The van der Waals surface area contributed by atoms with E-state index in [1.54, 1.807) is 11.8 Å². The van der Waals surface area contributed by atoms with E-state index in [-0.39, 0.29) is 24.0 Å². The number of hydrogen-bond donors (Lipinski definition) is 3. The monoisotopic (exact) mass is 738 g/mol. The number of urea groups is 1. The van der Waals surface area contributed by atoms with Gasteiger partial charge in [-0.2, -0.15) is 0 Å². The summed E-state index contributed by atoms with van der Waals surface area (Å²) in [6, 6.07) is 18.8. The molecule has 0 saturated carbocycles. The van der Waals surface area contributed by atoms with Crippen LogP contribution in [0.25, 0.3) is 0 Å². The van der Waals surface area contributed by atoms with Crippen molar-refractivity contribution in [2.75, 3.05) is 20.1 Å². The Hall–Kier alpha value is -1.01. The molecule has 198 valence electrons. The third-order valence-electron chi connectivity index (χ3n) is 6.41. The van der Waals surface area contributed by atoms with Gasteiger partial charge in [0.05, 0.1) is 6.10 Å². The van der Waals surface area contributed by atoms with E-state index in [9.17, 15) is 14.7 Å². The van der Waals surface area contributed by atoms with Crippen molar-refractivity contribution in [1.29, 1.82) is 0 Å². The van der Waals surface area contributed by atoms with Gasteiger partial charge < -0.3 is 20.6 Å². The number of carbonyl (C=O) groups excluding carboxylic acids is 2. The van der Waals surface area contributed by atoms with E-state index in [1.807, 2.05) is 60.2 Å². The molecule has 2 aromatic carbocycles. The number of halogens is 2. The smallest absolute Gasteiger partial charge is 0.318 e. The van der Waals surface area contributed by atoms with Crippen LogP contribution >= 0.6 is 46.6 Å². The van der Waals surface area contributed by atoms with Crippen molar-refractivity contribution in [2.24, 2.45) is 0 Å². The fourth-order valence-corrected chi connectivity index (χ4v) is 4.73. The first-order chi connectivity index (χ1) is 17.3. The molecule has 1 saturated heterocycles. The van der Waals surface area contributed by atoms with Crippen LogP contribution < -0.4 is 10.6 Å². The topological polar surface area (TPSA) is 84.9 Å². The van der Waals surface area contributed by atoms with Gasteiger partial charge in [0.1, 0.15) is 6.04 Å². The number of amides is 3. The summed E-state index contributed by atoms with van der Waals surface area (Å²) in [5.41, 5.74) is 2.23. The van der Waals surface area contributed by atoms with Crippen LogP contribution in [0, 0.1) is 0 Å². The highest BCUT2D eigenvalue weighted by molar-refractivity contribution is 15.0. The summed E-state index contributed by atoms with van der Waals surface area (Å²) in [7, 11) is 4.59. The van der Waals surface area contributed by atoms with Crippen molar-refractivity contribution in [2.45, 2.75) is 56.8 Å². The van der Waals surface area contributed by atoms with E-state index in [2.05, 4.69) is 69.4 Å². The molecule has 10 heteroatoms. The van der Waals surface area contributed by atoms with Gasteiger partial charge in [0.2, 0.25) is 5.91 Å². The van der Waals surface area contributed by atoms with Crippen LogP contribution in [0.15, 0.2) is 60.7 Å². The van der Waals surface area contributed by atoms with E-state index in [1.165, 1.54) is 0 Å². The largest absolute Gasteiger partial charge is 0.391 e. The van der Waals surface area contributed by atoms with Crippen molar-refractivity contribution in [3.8, 4) is 0 Å². The van der Waals surface area contributed by atoms with Crippen molar-refractivity contribution < 1.29 is 14.7 Å². The molecule has 0 aromatic heterocycles. The van der Waals surface area contributed by atoms with Gasteiger partial charge in [-0.05, 0) is 50.8 Å². The van der Waals surface area contributed by atoms with Crippen LogP contribution in [0.4, 0.5) is 4.79 Å².